The fourth-order valence-electron chi connectivity index (χ4n) is 3.33. The number of nitrogens with zero attached hydrogens (tertiary/aromatic N) is 4. The van der Waals surface area contributed by atoms with Crippen LogP contribution in [0.4, 0.5) is 0 Å². The fourth-order valence-corrected chi connectivity index (χ4v) is 3.33. The molecule has 0 aromatic carbocycles. The maximum atomic E-state index is 12.1. The summed E-state index contributed by atoms with van der Waals surface area (Å²) >= 11 is 0. The summed E-state index contributed by atoms with van der Waals surface area (Å²) in [6.07, 6.45) is 8.45. The molecule has 0 aliphatic carbocycles. The number of piperidine rings is 1. The Hall–Kier alpha value is -2.44. The molecule has 1 aliphatic heterocycles. The second-order valence-corrected chi connectivity index (χ2v) is 6.79. The van der Waals surface area contributed by atoms with Crippen molar-refractivity contribution in [2.45, 2.75) is 51.4 Å². The minimum absolute atomic E-state index is 0.0162. The molecular weight excluding hydrogens is 330 g/mol. The molecule has 0 atom stereocenters. The van der Waals surface area contributed by atoms with Gasteiger partial charge >= 0.3 is 0 Å². The summed E-state index contributed by atoms with van der Waals surface area (Å²) in [4.78, 5) is 25.9. The minimum Gasteiger partial charge on any atom is -0.356 e. The van der Waals surface area contributed by atoms with E-state index in [-0.39, 0.29) is 11.8 Å². The SMILES string of the molecule is O=C(CCCC(=O)N1CCCCC1)NCCCc1nnc2ccccn12. The van der Waals surface area contributed by atoms with Crippen LogP contribution in [0.25, 0.3) is 5.65 Å². The van der Waals surface area contributed by atoms with E-state index in [0.29, 0.717) is 25.8 Å². The van der Waals surface area contributed by atoms with Crippen molar-refractivity contribution in [3.8, 4) is 0 Å². The Morgan fingerprint density at radius 3 is 2.73 bits per heavy atom. The number of amides is 2. The number of aromatic nitrogens is 3. The summed E-state index contributed by atoms with van der Waals surface area (Å²) < 4.78 is 1.97. The highest BCUT2D eigenvalue weighted by Gasteiger charge is 2.16. The maximum absolute atomic E-state index is 12.1. The normalized spacial score (nSPS) is 14.5. The van der Waals surface area contributed by atoms with E-state index in [9.17, 15) is 9.59 Å². The molecule has 0 saturated carbocycles. The number of aryl methyl sites for hydroxylation is 1. The van der Waals surface area contributed by atoms with Crippen molar-refractivity contribution in [1.29, 1.82) is 0 Å². The first-order chi connectivity index (χ1) is 12.7. The molecule has 0 unspecified atom stereocenters. The quantitative estimate of drug-likeness (QED) is 0.733. The number of likely N-dealkylation sites (tertiary alicyclic amines) is 1. The van der Waals surface area contributed by atoms with E-state index in [1.807, 2.05) is 33.7 Å². The molecule has 1 fully saturated rings. The highest BCUT2D eigenvalue weighted by molar-refractivity contribution is 5.79. The number of rotatable bonds is 8. The second-order valence-electron chi connectivity index (χ2n) is 6.79. The molecule has 2 amide bonds. The number of hydrogen-bond acceptors (Lipinski definition) is 4. The monoisotopic (exact) mass is 357 g/mol. The van der Waals surface area contributed by atoms with Crippen molar-refractivity contribution in [1.82, 2.24) is 24.8 Å². The molecule has 26 heavy (non-hydrogen) atoms. The van der Waals surface area contributed by atoms with E-state index in [4.69, 9.17) is 0 Å². The van der Waals surface area contributed by atoms with Gasteiger partial charge in [-0.1, -0.05) is 6.07 Å². The molecule has 3 rings (SSSR count). The molecule has 2 aromatic rings. The molecule has 0 spiro atoms. The first kappa shape index (κ1) is 18.4. The molecule has 1 N–H and O–H groups in total. The zero-order chi connectivity index (χ0) is 18.2. The Labute approximate surface area is 153 Å². The highest BCUT2D eigenvalue weighted by Crippen LogP contribution is 2.11. The van der Waals surface area contributed by atoms with Crippen molar-refractivity contribution < 1.29 is 9.59 Å². The molecule has 7 nitrogen and oxygen atoms in total. The third kappa shape index (κ3) is 5.03. The minimum atomic E-state index is 0.0162. The lowest BCUT2D eigenvalue weighted by atomic mass is 10.1. The van der Waals surface area contributed by atoms with Crippen molar-refractivity contribution in [2.75, 3.05) is 19.6 Å². The van der Waals surface area contributed by atoms with Crippen LogP contribution in [-0.2, 0) is 16.0 Å². The van der Waals surface area contributed by atoms with Crippen LogP contribution >= 0.6 is 0 Å². The number of hydrogen-bond donors (Lipinski definition) is 1. The third-order valence-corrected chi connectivity index (χ3v) is 4.79. The molecule has 1 aliphatic rings. The Kier molecular flexibility index (Phi) is 6.57. The van der Waals surface area contributed by atoms with Crippen molar-refractivity contribution in [2.24, 2.45) is 0 Å². The zero-order valence-corrected chi connectivity index (χ0v) is 15.2. The molecule has 3 heterocycles. The molecule has 0 bridgehead atoms. The largest absolute Gasteiger partial charge is 0.356 e. The lowest BCUT2D eigenvalue weighted by molar-refractivity contribution is -0.132. The Morgan fingerprint density at radius 1 is 1.04 bits per heavy atom. The molecule has 1 saturated heterocycles. The highest BCUT2D eigenvalue weighted by atomic mass is 16.2. The number of fused-ring (bicyclic) bond motifs is 1. The van der Waals surface area contributed by atoms with Gasteiger partial charge in [-0.15, -0.1) is 10.2 Å². The van der Waals surface area contributed by atoms with Crippen LogP contribution in [0.15, 0.2) is 24.4 Å². The van der Waals surface area contributed by atoms with Crippen molar-refractivity contribution in [3.05, 3.63) is 30.2 Å². The zero-order valence-electron chi connectivity index (χ0n) is 15.2. The summed E-state index contributed by atoms with van der Waals surface area (Å²) in [5, 5.41) is 11.2. The van der Waals surface area contributed by atoms with Gasteiger partial charge in [-0.25, -0.2) is 0 Å². The third-order valence-electron chi connectivity index (χ3n) is 4.79. The predicted octanol–water partition coefficient (Wildman–Crippen LogP) is 1.96. The van der Waals surface area contributed by atoms with E-state index in [1.165, 1.54) is 6.42 Å². The van der Waals surface area contributed by atoms with Gasteiger partial charge in [0.15, 0.2) is 5.65 Å². The summed E-state index contributed by atoms with van der Waals surface area (Å²) in [5.74, 6) is 1.11. The average molecular weight is 357 g/mol. The van der Waals surface area contributed by atoms with Gasteiger partial charge in [0.1, 0.15) is 5.82 Å². The van der Waals surface area contributed by atoms with Gasteiger partial charge in [0.25, 0.3) is 0 Å². The van der Waals surface area contributed by atoms with Gasteiger partial charge in [0.2, 0.25) is 11.8 Å². The van der Waals surface area contributed by atoms with Gasteiger partial charge in [0, 0.05) is 45.1 Å². The molecular formula is C19H27N5O2. The number of carbonyl (C=O) groups is 2. The van der Waals surface area contributed by atoms with Crippen molar-refractivity contribution in [3.63, 3.8) is 0 Å². The van der Waals surface area contributed by atoms with Crippen LogP contribution in [0, 0.1) is 0 Å². The number of pyridine rings is 1. The molecule has 0 radical (unpaired) electrons. The lowest BCUT2D eigenvalue weighted by Crippen LogP contribution is -2.35. The van der Waals surface area contributed by atoms with E-state index in [1.54, 1.807) is 0 Å². The summed E-state index contributed by atoms with van der Waals surface area (Å²) in [6, 6.07) is 5.81. The van der Waals surface area contributed by atoms with Crippen LogP contribution < -0.4 is 5.32 Å². The first-order valence-electron chi connectivity index (χ1n) is 9.57. The Balaban J connectivity index is 1.29. The fraction of sp³-hybridized carbons (Fsp3) is 0.579. The second kappa shape index (κ2) is 9.31. The van der Waals surface area contributed by atoms with E-state index in [2.05, 4.69) is 15.5 Å². The van der Waals surface area contributed by atoms with E-state index >= 15 is 0 Å². The van der Waals surface area contributed by atoms with Crippen LogP contribution in [0.1, 0.15) is 50.8 Å². The standard InChI is InChI=1S/C19H27N5O2/c25-18(10-6-11-19(26)23-13-3-1-4-14-23)20-12-7-9-17-22-21-16-8-2-5-15-24(16)17/h2,5,8,15H,1,3-4,6-7,9-14H2,(H,20,25). The van der Waals surface area contributed by atoms with Gasteiger partial charge in [-0.05, 0) is 44.2 Å². The van der Waals surface area contributed by atoms with Crippen LogP contribution in [0.2, 0.25) is 0 Å². The Bertz CT molecular complexity index is 736. The van der Waals surface area contributed by atoms with Gasteiger partial charge in [0.05, 0.1) is 0 Å². The smallest absolute Gasteiger partial charge is 0.222 e. The Morgan fingerprint density at radius 2 is 1.88 bits per heavy atom. The maximum Gasteiger partial charge on any atom is 0.222 e. The summed E-state index contributed by atoms with van der Waals surface area (Å²) in [5.41, 5.74) is 0.838. The average Bonchev–Trinajstić information content (AvgIpc) is 3.09. The molecule has 140 valence electrons. The topological polar surface area (TPSA) is 79.6 Å². The number of nitrogens with one attached hydrogen (secondary N) is 1. The van der Waals surface area contributed by atoms with Gasteiger partial charge in [-0.2, -0.15) is 0 Å². The van der Waals surface area contributed by atoms with Gasteiger partial charge < -0.3 is 10.2 Å². The van der Waals surface area contributed by atoms with Crippen LogP contribution in [0.5, 0.6) is 0 Å². The van der Waals surface area contributed by atoms with Crippen molar-refractivity contribution >= 4 is 17.5 Å². The number of carbonyl (C=O) groups excluding carboxylic acids is 2. The lowest BCUT2D eigenvalue weighted by Gasteiger charge is -2.26. The molecule has 2 aromatic heterocycles. The van der Waals surface area contributed by atoms with Crippen LogP contribution in [-0.4, -0.2) is 50.9 Å². The van der Waals surface area contributed by atoms with Gasteiger partial charge in [-0.3, -0.25) is 14.0 Å². The summed E-state index contributed by atoms with van der Waals surface area (Å²) in [7, 11) is 0. The van der Waals surface area contributed by atoms with E-state index < -0.39 is 0 Å². The first-order valence-corrected chi connectivity index (χ1v) is 9.57. The molecule has 7 heteroatoms. The van der Waals surface area contributed by atoms with E-state index in [0.717, 1.165) is 50.2 Å². The van der Waals surface area contributed by atoms with Crippen LogP contribution in [0.3, 0.4) is 0 Å². The summed E-state index contributed by atoms with van der Waals surface area (Å²) in [6.45, 7) is 2.37. The predicted molar refractivity (Wildman–Crippen MR) is 98.6 cm³/mol.